The summed E-state index contributed by atoms with van der Waals surface area (Å²) in [6.45, 7) is 2.94. The summed E-state index contributed by atoms with van der Waals surface area (Å²) in [5.41, 5.74) is 14.9. The van der Waals surface area contributed by atoms with Gasteiger partial charge in [0, 0.05) is 28.0 Å². The molecule has 24 heavy (non-hydrogen) atoms. The lowest BCUT2D eigenvalue weighted by Crippen LogP contribution is -2.21. The number of para-hydroxylation sites is 1. The van der Waals surface area contributed by atoms with Crippen LogP contribution in [-0.2, 0) is 6.54 Å². The standard InChI is InChI=1S/C18H18ClN5/c1-2-24-16-6-4-3-5-14(16)15(11-22-23-18(20)21)17(24)12-7-9-13(19)10-8-12/h3-11H,2H2,1H3,(H4,20,21,23). The molecule has 0 unspecified atom stereocenters. The van der Waals surface area contributed by atoms with Gasteiger partial charge in [-0.2, -0.15) is 5.10 Å². The number of guanidine groups is 1. The molecule has 0 aliphatic carbocycles. The van der Waals surface area contributed by atoms with Crippen LogP contribution in [0.3, 0.4) is 0 Å². The predicted molar refractivity (Wildman–Crippen MR) is 101 cm³/mol. The number of fused-ring (bicyclic) bond motifs is 1. The Kier molecular flexibility index (Phi) is 4.53. The summed E-state index contributed by atoms with van der Waals surface area (Å²) in [6.07, 6.45) is 1.69. The van der Waals surface area contributed by atoms with Gasteiger partial charge in [0.25, 0.3) is 0 Å². The van der Waals surface area contributed by atoms with Crippen molar-refractivity contribution in [2.75, 3.05) is 0 Å². The van der Waals surface area contributed by atoms with E-state index in [-0.39, 0.29) is 5.96 Å². The lowest BCUT2D eigenvalue weighted by atomic mass is 10.1. The van der Waals surface area contributed by atoms with Crippen molar-refractivity contribution < 1.29 is 0 Å². The van der Waals surface area contributed by atoms with Gasteiger partial charge >= 0.3 is 0 Å². The van der Waals surface area contributed by atoms with E-state index in [1.807, 2.05) is 36.4 Å². The van der Waals surface area contributed by atoms with Crippen LogP contribution in [0, 0.1) is 0 Å². The molecule has 5 nitrogen and oxygen atoms in total. The molecule has 0 aliphatic heterocycles. The lowest BCUT2D eigenvalue weighted by Gasteiger charge is -2.09. The van der Waals surface area contributed by atoms with E-state index >= 15 is 0 Å². The normalized spacial score (nSPS) is 11.2. The summed E-state index contributed by atoms with van der Waals surface area (Å²) in [5.74, 6) is -0.0708. The molecule has 0 amide bonds. The first kappa shape index (κ1) is 16.1. The molecule has 0 bridgehead atoms. The Hall–Kier alpha value is -2.79. The number of hydrogen-bond acceptors (Lipinski definition) is 2. The third kappa shape index (κ3) is 2.98. The summed E-state index contributed by atoms with van der Waals surface area (Å²) < 4.78 is 2.25. The largest absolute Gasteiger partial charge is 0.369 e. The van der Waals surface area contributed by atoms with Gasteiger partial charge in [-0.25, -0.2) is 0 Å². The van der Waals surface area contributed by atoms with Crippen LogP contribution in [0.1, 0.15) is 12.5 Å². The first-order chi connectivity index (χ1) is 11.6. The van der Waals surface area contributed by atoms with E-state index in [0.29, 0.717) is 5.02 Å². The maximum atomic E-state index is 6.03. The maximum Gasteiger partial charge on any atom is 0.211 e. The van der Waals surface area contributed by atoms with Gasteiger partial charge in [0.1, 0.15) is 0 Å². The molecule has 0 fully saturated rings. The van der Waals surface area contributed by atoms with Crippen LogP contribution in [0.15, 0.2) is 58.7 Å². The maximum absolute atomic E-state index is 6.03. The number of aromatic nitrogens is 1. The molecule has 122 valence electrons. The molecule has 3 aromatic rings. The van der Waals surface area contributed by atoms with Gasteiger partial charge in [0.05, 0.1) is 11.9 Å². The number of benzene rings is 2. The first-order valence-corrected chi connectivity index (χ1v) is 7.98. The van der Waals surface area contributed by atoms with Crippen molar-refractivity contribution in [3.05, 3.63) is 59.1 Å². The van der Waals surface area contributed by atoms with Gasteiger partial charge in [0.15, 0.2) is 0 Å². The highest BCUT2D eigenvalue weighted by atomic mass is 35.5. The van der Waals surface area contributed by atoms with Crippen molar-refractivity contribution in [2.24, 2.45) is 21.7 Å². The molecule has 0 radical (unpaired) electrons. The summed E-state index contributed by atoms with van der Waals surface area (Å²) in [6, 6.07) is 16.0. The number of rotatable bonds is 4. The Balaban J connectivity index is 2.30. The van der Waals surface area contributed by atoms with Gasteiger partial charge in [-0.15, -0.1) is 5.10 Å². The Bertz CT molecular complexity index is 918. The quantitative estimate of drug-likeness (QED) is 0.432. The van der Waals surface area contributed by atoms with Crippen molar-refractivity contribution in [2.45, 2.75) is 13.5 Å². The van der Waals surface area contributed by atoms with Crippen LogP contribution in [0.5, 0.6) is 0 Å². The van der Waals surface area contributed by atoms with Crippen molar-refractivity contribution >= 4 is 34.7 Å². The smallest absolute Gasteiger partial charge is 0.211 e. The fourth-order valence-electron chi connectivity index (χ4n) is 2.86. The fourth-order valence-corrected chi connectivity index (χ4v) is 2.99. The molecule has 6 heteroatoms. The lowest BCUT2D eigenvalue weighted by molar-refractivity contribution is 0.805. The Morgan fingerprint density at radius 2 is 1.83 bits per heavy atom. The highest BCUT2D eigenvalue weighted by molar-refractivity contribution is 6.30. The number of hydrogen-bond donors (Lipinski definition) is 2. The topological polar surface area (TPSA) is 81.7 Å². The van der Waals surface area contributed by atoms with E-state index in [1.54, 1.807) is 6.21 Å². The van der Waals surface area contributed by atoms with E-state index < -0.39 is 0 Å². The molecule has 4 N–H and O–H groups in total. The van der Waals surface area contributed by atoms with Crippen LogP contribution in [0.25, 0.3) is 22.2 Å². The van der Waals surface area contributed by atoms with E-state index in [1.165, 1.54) is 0 Å². The van der Waals surface area contributed by atoms with Crippen molar-refractivity contribution in [1.29, 1.82) is 0 Å². The number of aryl methyl sites for hydroxylation is 1. The first-order valence-electron chi connectivity index (χ1n) is 7.61. The van der Waals surface area contributed by atoms with E-state index in [2.05, 4.69) is 33.8 Å². The highest BCUT2D eigenvalue weighted by Gasteiger charge is 2.16. The average molecular weight is 340 g/mol. The van der Waals surface area contributed by atoms with E-state index in [4.69, 9.17) is 23.1 Å². The molecular weight excluding hydrogens is 322 g/mol. The molecular formula is C18H18ClN5. The zero-order chi connectivity index (χ0) is 17.1. The Morgan fingerprint density at radius 3 is 2.50 bits per heavy atom. The molecule has 2 aromatic carbocycles. The molecule has 0 aliphatic rings. The van der Waals surface area contributed by atoms with Crippen LogP contribution >= 0.6 is 11.6 Å². The molecule has 1 aromatic heterocycles. The number of nitrogens with two attached hydrogens (primary N) is 2. The second-order valence-corrected chi connectivity index (χ2v) is 5.74. The minimum atomic E-state index is -0.0708. The SMILES string of the molecule is CCn1c(-c2ccc(Cl)cc2)c(C=NN=C(N)N)c2ccccc21. The summed E-state index contributed by atoms with van der Waals surface area (Å²) >= 11 is 6.03. The Morgan fingerprint density at radius 1 is 1.12 bits per heavy atom. The molecule has 1 heterocycles. The van der Waals surface area contributed by atoms with Gasteiger partial charge in [-0.1, -0.05) is 41.9 Å². The molecule has 0 saturated carbocycles. The molecule has 0 atom stereocenters. The van der Waals surface area contributed by atoms with Crippen LogP contribution < -0.4 is 11.5 Å². The van der Waals surface area contributed by atoms with Crippen LogP contribution in [-0.4, -0.2) is 16.7 Å². The van der Waals surface area contributed by atoms with Gasteiger partial charge in [0.2, 0.25) is 5.96 Å². The highest BCUT2D eigenvalue weighted by Crippen LogP contribution is 2.33. The third-order valence-electron chi connectivity index (χ3n) is 3.80. The Labute approximate surface area is 145 Å². The van der Waals surface area contributed by atoms with Crippen molar-refractivity contribution in [3.63, 3.8) is 0 Å². The minimum absolute atomic E-state index is 0.0708. The van der Waals surface area contributed by atoms with Gasteiger partial charge in [-0.3, -0.25) is 0 Å². The predicted octanol–water partition coefficient (Wildman–Crippen LogP) is 3.59. The minimum Gasteiger partial charge on any atom is -0.369 e. The van der Waals surface area contributed by atoms with E-state index in [0.717, 1.165) is 34.3 Å². The summed E-state index contributed by atoms with van der Waals surface area (Å²) in [7, 11) is 0. The van der Waals surface area contributed by atoms with Gasteiger partial charge in [-0.05, 0) is 30.7 Å². The van der Waals surface area contributed by atoms with Crippen LogP contribution in [0.2, 0.25) is 5.02 Å². The second kappa shape index (κ2) is 6.76. The van der Waals surface area contributed by atoms with Crippen molar-refractivity contribution in [3.8, 4) is 11.3 Å². The van der Waals surface area contributed by atoms with Crippen LogP contribution in [0.4, 0.5) is 0 Å². The summed E-state index contributed by atoms with van der Waals surface area (Å²) in [4.78, 5) is 0. The number of halogens is 1. The number of nitrogens with zero attached hydrogens (tertiary/aromatic N) is 3. The zero-order valence-electron chi connectivity index (χ0n) is 13.3. The molecule has 0 spiro atoms. The molecule has 3 rings (SSSR count). The average Bonchev–Trinajstić information content (AvgIpc) is 2.89. The fraction of sp³-hybridized carbons (Fsp3) is 0.111. The van der Waals surface area contributed by atoms with Crippen molar-refractivity contribution in [1.82, 2.24) is 4.57 Å². The second-order valence-electron chi connectivity index (χ2n) is 5.30. The molecule has 0 saturated heterocycles. The van der Waals surface area contributed by atoms with Gasteiger partial charge < -0.3 is 16.0 Å². The monoisotopic (exact) mass is 339 g/mol. The third-order valence-corrected chi connectivity index (χ3v) is 4.06. The summed E-state index contributed by atoms with van der Waals surface area (Å²) in [5, 5.41) is 9.54. The van der Waals surface area contributed by atoms with E-state index in [9.17, 15) is 0 Å². The zero-order valence-corrected chi connectivity index (χ0v) is 14.0.